The molecule has 0 aliphatic heterocycles. The number of carboxylic acid groups (broad SMARTS) is 1. The Bertz CT molecular complexity index is 1630. The number of hydrogen-bond acceptors (Lipinski definition) is 15. The molecule has 9 amide bonds. The third-order valence-electron chi connectivity index (χ3n) is 10.5. The highest BCUT2D eigenvalue weighted by atomic mass is 16.4. The molecule has 66 heavy (non-hydrogen) atoms. The predicted octanol–water partition coefficient (Wildman–Crippen LogP) is -4.96. The zero-order chi connectivity index (χ0) is 50.8. The number of aliphatic carboxylic acids is 1. The molecule has 11 atom stereocenters. The minimum atomic E-state index is -1.82. The molecule has 0 heterocycles. The largest absolute Gasteiger partial charge is 0.481 e. The Kier molecular flexibility index (Phi) is 28.8. The molecule has 0 radical (unpaired) electrons. The van der Waals surface area contributed by atoms with Crippen molar-refractivity contribution < 1.29 is 63.3 Å². The van der Waals surface area contributed by atoms with Gasteiger partial charge in [0.2, 0.25) is 53.2 Å². The van der Waals surface area contributed by atoms with Gasteiger partial charge in [0, 0.05) is 6.42 Å². The lowest BCUT2D eigenvalue weighted by molar-refractivity contribution is -0.139. The summed E-state index contributed by atoms with van der Waals surface area (Å²) in [5.41, 5.74) is 27.9. The molecule has 0 aromatic rings. The molecule has 0 aliphatic carbocycles. The van der Waals surface area contributed by atoms with Gasteiger partial charge in [0.05, 0.1) is 24.7 Å². The van der Waals surface area contributed by atoms with Crippen molar-refractivity contribution in [3.63, 3.8) is 0 Å². The average Bonchev–Trinajstić information content (AvgIpc) is 3.22. The lowest BCUT2D eigenvalue weighted by atomic mass is 9.96. The van der Waals surface area contributed by atoms with Crippen molar-refractivity contribution in [2.45, 2.75) is 173 Å². The molecule has 0 saturated carbocycles. The minimum absolute atomic E-state index is 0.0623. The predicted molar refractivity (Wildman–Crippen MR) is 239 cm³/mol. The average molecular weight is 945 g/mol. The van der Waals surface area contributed by atoms with E-state index in [9.17, 15) is 58.2 Å². The second-order valence-electron chi connectivity index (χ2n) is 16.9. The molecule has 0 saturated heterocycles. The highest BCUT2D eigenvalue weighted by Gasteiger charge is 2.37. The molecule has 0 aromatic carbocycles. The highest BCUT2D eigenvalue weighted by molar-refractivity contribution is 5.99. The monoisotopic (exact) mass is 945 g/mol. The first kappa shape index (κ1) is 60.5. The molecule has 0 fully saturated rings. The molecule has 0 aliphatic rings. The third kappa shape index (κ3) is 23.1. The van der Waals surface area contributed by atoms with Crippen LogP contribution in [-0.4, -0.2) is 148 Å². The molecule has 0 bridgehead atoms. The number of nitrogens with one attached hydrogen (secondary N) is 7. The fraction of sp³-hybridized carbons (Fsp3) is 0.756. The number of rotatable bonds is 34. The molecule has 0 aromatic heterocycles. The topological polar surface area (TPSA) is 446 Å². The standard InChI is InChI=1S/C41H76N12O13/c1-7-21(4)31(51-35(60)24(44)14-15-30(57)58)39(64)52-33(23(6)55)41(66)53-32(22(5)54)40(65)48-26(13-9-11-17-43)36(61)50-28(19-29(45)56)38(63)49-27(18-20(2)3)37(62)47-25(34(46)59)12-8-10-16-42/h20-28,31-33,54-55H,7-19,42-44H2,1-6H3,(H2,45,56)(H2,46,59)(H,47,62)(H,48,65)(H,49,63)(H,50,61)(H,51,60)(H,52,64)(H,53,66)(H,57,58)/t21-,22+,23+,24-,25-,26-,27-,28-,31-,32-,33-/m0/s1. The second-order valence-corrected chi connectivity index (χ2v) is 16.9. The fourth-order valence-corrected chi connectivity index (χ4v) is 6.40. The van der Waals surface area contributed by atoms with Crippen LogP contribution in [0, 0.1) is 11.8 Å². The summed E-state index contributed by atoms with van der Waals surface area (Å²) in [5.74, 6) is -10.6. The first-order chi connectivity index (χ1) is 30.8. The van der Waals surface area contributed by atoms with E-state index in [2.05, 4.69) is 37.2 Å². The Morgan fingerprint density at radius 1 is 0.515 bits per heavy atom. The first-order valence-corrected chi connectivity index (χ1v) is 22.2. The molecular weight excluding hydrogens is 869 g/mol. The maximum absolute atomic E-state index is 13.9. The van der Waals surface area contributed by atoms with Crippen LogP contribution in [0.3, 0.4) is 0 Å². The van der Waals surface area contributed by atoms with E-state index in [1.165, 1.54) is 0 Å². The van der Waals surface area contributed by atoms with Gasteiger partial charge >= 0.3 is 5.97 Å². The smallest absolute Gasteiger partial charge is 0.303 e. The Morgan fingerprint density at radius 2 is 0.924 bits per heavy atom. The Balaban J connectivity index is 6.44. The summed E-state index contributed by atoms with van der Waals surface area (Å²) in [6, 6.07) is -11.7. The van der Waals surface area contributed by atoms with Gasteiger partial charge in [0.1, 0.15) is 42.3 Å². The van der Waals surface area contributed by atoms with Crippen LogP contribution < -0.4 is 65.9 Å². The molecule has 25 heteroatoms. The van der Waals surface area contributed by atoms with Crippen LogP contribution in [0.15, 0.2) is 0 Å². The Hall–Kier alpha value is -5.50. The van der Waals surface area contributed by atoms with Crippen LogP contribution in [-0.2, 0) is 47.9 Å². The quantitative estimate of drug-likeness (QED) is 0.0269. The summed E-state index contributed by atoms with van der Waals surface area (Å²) in [4.78, 5) is 130. The molecule has 0 unspecified atom stereocenters. The maximum atomic E-state index is 13.9. The lowest BCUT2D eigenvalue weighted by Crippen LogP contribution is -2.63. The number of carbonyl (C=O) groups is 10. The first-order valence-electron chi connectivity index (χ1n) is 22.2. The van der Waals surface area contributed by atoms with Crippen molar-refractivity contribution >= 4 is 59.1 Å². The van der Waals surface area contributed by atoms with Crippen LogP contribution in [0.5, 0.6) is 0 Å². The second kappa shape index (κ2) is 31.4. The van der Waals surface area contributed by atoms with E-state index in [1.54, 1.807) is 27.7 Å². The molecule has 20 N–H and O–H groups in total. The number of carbonyl (C=O) groups excluding carboxylic acids is 9. The van der Waals surface area contributed by atoms with Gasteiger partial charge in [0.15, 0.2) is 0 Å². The number of aliphatic hydroxyl groups is 2. The molecule has 0 rings (SSSR count). The van der Waals surface area contributed by atoms with Gasteiger partial charge in [-0.1, -0.05) is 34.1 Å². The normalized spacial score (nSPS) is 16.2. The van der Waals surface area contributed by atoms with Gasteiger partial charge in [-0.25, -0.2) is 0 Å². The SMILES string of the molecule is CC[C@H](C)[C@H](NC(=O)[C@@H](N)CCC(=O)O)C(=O)N[C@H](C(=O)N[C@H](C(=O)N[C@@H](CCCCN)C(=O)N[C@@H](CC(N)=O)C(=O)N[C@@H](CC(C)C)C(=O)N[C@@H](CCCCN)C(N)=O)[C@@H](C)O)[C@@H](C)O. The van der Waals surface area contributed by atoms with E-state index in [-0.39, 0.29) is 44.6 Å². The van der Waals surface area contributed by atoms with Crippen molar-refractivity contribution in [3.05, 3.63) is 0 Å². The number of primary amides is 2. The van der Waals surface area contributed by atoms with Crippen LogP contribution >= 0.6 is 0 Å². The highest BCUT2D eigenvalue weighted by Crippen LogP contribution is 2.12. The summed E-state index contributed by atoms with van der Waals surface area (Å²) in [6.07, 6.45) is -2.53. The van der Waals surface area contributed by atoms with Gasteiger partial charge in [-0.2, -0.15) is 0 Å². The minimum Gasteiger partial charge on any atom is -0.481 e. The lowest BCUT2D eigenvalue weighted by Gasteiger charge is -2.30. The molecule has 0 spiro atoms. The zero-order valence-corrected chi connectivity index (χ0v) is 38.9. The number of nitrogens with two attached hydrogens (primary N) is 5. The van der Waals surface area contributed by atoms with Crippen molar-refractivity contribution in [3.8, 4) is 0 Å². The van der Waals surface area contributed by atoms with Crippen molar-refractivity contribution in [2.75, 3.05) is 13.1 Å². The number of aliphatic hydroxyl groups excluding tert-OH is 2. The number of hydrogen-bond donors (Lipinski definition) is 15. The van der Waals surface area contributed by atoms with Crippen LogP contribution in [0.1, 0.15) is 112 Å². The zero-order valence-electron chi connectivity index (χ0n) is 38.9. The molecular formula is C41H76N12O13. The fourth-order valence-electron chi connectivity index (χ4n) is 6.40. The third-order valence-corrected chi connectivity index (χ3v) is 10.5. The summed E-state index contributed by atoms with van der Waals surface area (Å²) in [5, 5.41) is 47.1. The Morgan fingerprint density at radius 3 is 1.36 bits per heavy atom. The Labute approximate surface area is 385 Å². The van der Waals surface area contributed by atoms with Gasteiger partial charge in [-0.05, 0) is 90.1 Å². The summed E-state index contributed by atoms with van der Waals surface area (Å²) < 4.78 is 0. The van der Waals surface area contributed by atoms with E-state index in [4.69, 9.17) is 33.8 Å². The van der Waals surface area contributed by atoms with E-state index in [0.29, 0.717) is 32.2 Å². The van der Waals surface area contributed by atoms with Crippen molar-refractivity contribution in [2.24, 2.45) is 40.5 Å². The van der Waals surface area contributed by atoms with Gasteiger partial charge < -0.3 is 81.2 Å². The summed E-state index contributed by atoms with van der Waals surface area (Å²) in [7, 11) is 0. The van der Waals surface area contributed by atoms with Crippen LogP contribution in [0.4, 0.5) is 0 Å². The van der Waals surface area contributed by atoms with Gasteiger partial charge in [0.25, 0.3) is 0 Å². The molecule has 378 valence electrons. The van der Waals surface area contributed by atoms with Crippen LogP contribution in [0.2, 0.25) is 0 Å². The number of amides is 9. The van der Waals surface area contributed by atoms with Crippen LogP contribution in [0.25, 0.3) is 0 Å². The maximum Gasteiger partial charge on any atom is 0.303 e. The summed E-state index contributed by atoms with van der Waals surface area (Å²) >= 11 is 0. The van der Waals surface area contributed by atoms with Crippen molar-refractivity contribution in [1.82, 2.24) is 37.2 Å². The van der Waals surface area contributed by atoms with E-state index in [1.807, 2.05) is 0 Å². The number of unbranched alkanes of at least 4 members (excludes halogenated alkanes) is 2. The summed E-state index contributed by atoms with van der Waals surface area (Å²) in [6.45, 7) is 9.67. The van der Waals surface area contributed by atoms with E-state index in [0.717, 1.165) is 13.8 Å². The van der Waals surface area contributed by atoms with Crippen molar-refractivity contribution in [1.29, 1.82) is 0 Å². The number of carboxylic acids is 1. The molecule has 25 nitrogen and oxygen atoms in total. The van der Waals surface area contributed by atoms with E-state index >= 15 is 0 Å². The van der Waals surface area contributed by atoms with Gasteiger partial charge in [-0.15, -0.1) is 0 Å². The van der Waals surface area contributed by atoms with E-state index < -0.39 is 138 Å². The van der Waals surface area contributed by atoms with Gasteiger partial charge in [-0.3, -0.25) is 47.9 Å².